The number of ketones is 1. The number of methoxy groups -OCH3 is 1. The minimum atomic E-state index is -0.157. The molecule has 0 radical (unpaired) electrons. The van der Waals surface area contributed by atoms with Gasteiger partial charge < -0.3 is 4.74 Å². The van der Waals surface area contributed by atoms with Crippen LogP contribution in [0, 0.1) is 11.3 Å². The van der Waals surface area contributed by atoms with E-state index in [-0.39, 0.29) is 5.78 Å². The molecule has 0 bridgehead atoms. The quantitative estimate of drug-likeness (QED) is 0.447. The molecule has 0 unspecified atom stereocenters. The van der Waals surface area contributed by atoms with Gasteiger partial charge in [0.15, 0.2) is 5.78 Å². The molecule has 2 aromatic rings. The van der Waals surface area contributed by atoms with Crippen LogP contribution in [-0.4, -0.2) is 12.9 Å². The molecule has 0 heterocycles. The molecular weight excluding hydrogens is 377 g/mol. The van der Waals surface area contributed by atoms with Crippen molar-refractivity contribution < 1.29 is 9.53 Å². The number of allylic oxidation sites excluding steroid dienone is 1. The lowest BCUT2D eigenvalue weighted by molar-refractivity contribution is 0.104. The van der Waals surface area contributed by atoms with Crippen LogP contribution in [0.1, 0.15) is 21.5 Å². The number of carbonyl (C=O) groups is 1. The van der Waals surface area contributed by atoms with Crippen molar-refractivity contribution >= 4 is 34.5 Å². The Morgan fingerprint density at radius 1 is 1.24 bits per heavy atom. The van der Waals surface area contributed by atoms with E-state index in [2.05, 4.69) is 0 Å². The van der Waals surface area contributed by atoms with Crippen molar-refractivity contribution in [1.29, 1.82) is 5.26 Å². The first-order valence-corrected chi connectivity index (χ1v) is 7.28. The summed E-state index contributed by atoms with van der Waals surface area (Å²) in [6, 6.07) is 16.3. The second kappa shape index (κ2) is 7.04. The van der Waals surface area contributed by atoms with E-state index in [4.69, 9.17) is 10.00 Å². The molecule has 0 aromatic heterocycles. The van der Waals surface area contributed by atoms with Crippen LogP contribution in [0.3, 0.4) is 0 Å². The van der Waals surface area contributed by atoms with E-state index in [0.29, 0.717) is 14.7 Å². The maximum absolute atomic E-state index is 12.4. The van der Waals surface area contributed by atoms with Crippen LogP contribution in [0.15, 0.2) is 52.1 Å². The minimum Gasteiger partial charge on any atom is -0.497 e. The Balaban J connectivity index is 2.34. The van der Waals surface area contributed by atoms with Crippen molar-refractivity contribution in [2.45, 2.75) is 0 Å². The molecule has 2 aromatic carbocycles. The number of nitriles is 1. The summed E-state index contributed by atoms with van der Waals surface area (Å²) in [6.45, 7) is 0. The Kier molecular flexibility index (Phi) is 5.12. The molecule has 104 valence electrons. The number of ether oxygens (including phenoxy) is 1. The van der Waals surface area contributed by atoms with Gasteiger partial charge in [-0.1, -0.05) is 24.3 Å². The van der Waals surface area contributed by atoms with E-state index in [1.807, 2.05) is 52.9 Å². The summed E-state index contributed by atoms with van der Waals surface area (Å²) >= 11 is 1.99. The number of rotatable bonds is 4. The molecule has 2 rings (SSSR count). The number of carbonyl (C=O) groups excluding carboxylic acids is 1. The number of hydrogen-bond donors (Lipinski definition) is 0. The van der Waals surface area contributed by atoms with Gasteiger partial charge in [-0.25, -0.2) is 0 Å². The van der Waals surface area contributed by atoms with Gasteiger partial charge in [-0.2, -0.15) is 5.26 Å². The second-order valence-electron chi connectivity index (χ2n) is 4.26. The van der Waals surface area contributed by atoms with E-state index in [1.54, 1.807) is 37.5 Å². The molecule has 0 aliphatic heterocycles. The van der Waals surface area contributed by atoms with Crippen molar-refractivity contribution in [3.63, 3.8) is 0 Å². The summed E-state index contributed by atoms with van der Waals surface area (Å²) in [7, 11) is 1.60. The highest BCUT2D eigenvalue weighted by molar-refractivity contribution is 14.1. The third-order valence-corrected chi connectivity index (χ3v) is 3.70. The van der Waals surface area contributed by atoms with E-state index in [1.165, 1.54) is 0 Å². The normalized spacial score (nSPS) is 10.8. The number of nitrogens with zero attached hydrogens (tertiary/aromatic N) is 1. The van der Waals surface area contributed by atoms with Crippen molar-refractivity contribution in [3.05, 3.63) is 68.8 Å². The van der Waals surface area contributed by atoms with Gasteiger partial charge in [0, 0.05) is 5.56 Å². The first kappa shape index (κ1) is 15.3. The van der Waals surface area contributed by atoms with Crippen LogP contribution in [-0.2, 0) is 0 Å². The van der Waals surface area contributed by atoms with Crippen LogP contribution in [0.5, 0.6) is 5.75 Å². The number of hydrogen-bond acceptors (Lipinski definition) is 3. The molecule has 0 aliphatic rings. The predicted molar refractivity (Wildman–Crippen MR) is 90.5 cm³/mol. The van der Waals surface area contributed by atoms with E-state index < -0.39 is 0 Å². The summed E-state index contributed by atoms with van der Waals surface area (Å²) in [5.41, 5.74) is 1.68. The van der Waals surface area contributed by atoms with Gasteiger partial charge in [0.1, 0.15) is 5.75 Å². The highest BCUT2D eigenvalue weighted by Gasteiger charge is 2.13. The summed E-state index contributed by atoms with van der Waals surface area (Å²) < 4.78 is 5.70. The maximum Gasteiger partial charge on any atom is 0.200 e. The number of Topliss-reactive ketones (excluding diaryl/α,β-unsaturated/α-hetero) is 1. The monoisotopic (exact) mass is 389 g/mol. The molecule has 0 N–H and O–H groups in total. The van der Waals surface area contributed by atoms with Gasteiger partial charge in [0.2, 0.25) is 0 Å². The van der Waals surface area contributed by atoms with Crippen molar-refractivity contribution in [3.8, 4) is 11.8 Å². The molecule has 4 heteroatoms. The molecule has 3 nitrogen and oxygen atoms in total. The van der Waals surface area contributed by atoms with Crippen molar-refractivity contribution in [1.82, 2.24) is 0 Å². The largest absolute Gasteiger partial charge is 0.497 e. The fourth-order valence-corrected chi connectivity index (χ4v) is 2.50. The Morgan fingerprint density at radius 2 is 2.00 bits per heavy atom. The van der Waals surface area contributed by atoms with Gasteiger partial charge in [-0.15, -0.1) is 0 Å². The summed E-state index contributed by atoms with van der Waals surface area (Å²) in [5.74, 6) is 0.577. The Morgan fingerprint density at radius 3 is 2.71 bits per heavy atom. The SMILES string of the molecule is COc1cccc(/C=C(\I)C(=O)c2ccccc2C#N)c1. The first-order valence-electron chi connectivity index (χ1n) is 6.21. The predicted octanol–water partition coefficient (Wildman–Crippen LogP) is 4.23. The highest BCUT2D eigenvalue weighted by atomic mass is 127. The lowest BCUT2D eigenvalue weighted by Gasteiger charge is -2.04. The Labute approximate surface area is 137 Å². The Bertz CT molecular complexity index is 744. The zero-order valence-corrected chi connectivity index (χ0v) is 13.5. The Hall–Kier alpha value is -2.13. The topological polar surface area (TPSA) is 50.1 Å². The van der Waals surface area contributed by atoms with Gasteiger partial charge in [0.25, 0.3) is 0 Å². The van der Waals surface area contributed by atoms with E-state index >= 15 is 0 Å². The highest BCUT2D eigenvalue weighted by Crippen LogP contribution is 2.22. The molecule has 0 saturated heterocycles. The third-order valence-electron chi connectivity index (χ3n) is 2.90. The zero-order chi connectivity index (χ0) is 15.2. The number of halogens is 1. The molecule has 0 fully saturated rings. The van der Waals surface area contributed by atoms with Crippen LogP contribution >= 0.6 is 22.6 Å². The molecule has 0 spiro atoms. The lowest BCUT2D eigenvalue weighted by Crippen LogP contribution is -2.01. The zero-order valence-electron chi connectivity index (χ0n) is 11.3. The second-order valence-corrected chi connectivity index (χ2v) is 5.42. The van der Waals surface area contributed by atoms with Gasteiger partial charge in [0.05, 0.1) is 22.3 Å². The third kappa shape index (κ3) is 3.70. The maximum atomic E-state index is 12.4. The molecule has 0 atom stereocenters. The average Bonchev–Trinajstić information content (AvgIpc) is 2.54. The standard InChI is InChI=1S/C17H12INO2/c1-21-14-7-4-5-12(9-14)10-16(18)17(20)15-8-3-2-6-13(15)11-19/h2-10H,1H3/b16-10-. The van der Waals surface area contributed by atoms with Gasteiger partial charge in [-0.05, 0) is 58.5 Å². The van der Waals surface area contributed by atoms with Crippen molar-refractivity contribution in [2.24, 2.45) is 0 Å². The van der Waals surface area contributed by atoms with Gasteiger partial charge in [-0.3, -0.25) is 4.79 Å². The van der Waals surface area contributed by atoms with E-state index in [0.717, 1.165) is 11.3 Å². The van der Waals surface area contributed by atoms with E-state index in [9.17, 15) is 4.79 Å². The summed E-state index contributed by atoms with van der Waals surface area (Å²) in [4.78, 5) is 12.4. The lowest BCUT2D eigenvalue weighted by atomic mass is 10.0. The smallest absolute Gasteiger partial charge is 0.200 e. The molecule has 0 saturated carbocycles. The fraction of sp³-hybridized carbons (Fsp3) is 0.0588. The molecule has 0 aliphatic carbocycles. The van der Waals surface area contributed by atoms with Crippen LogP contribution in [0.2, 0.25) is 0 Å². The summed E-state index contributed by atoms with van der Waals surface area (Å²) in [5, 5.41) is 9.07. The van der Waals surface area contributed by atoms with Crippen LogP contribution in [0.4, 0.5) is 0 Å². The summed E-state index contributed by atoms with van der Waals surface area (Å²) in [6.07, 6.45) is 1.78. The number of benzene rings is 2. The fourth-order valence-electron chi connectivity index (χ4n) is 1.85. The van der Waals surface area contributed by atoms with Gasteiger partial charge >= 0.3 is 0 Å². The molecular formula is C17H12INO2. The van der Waals surface area contributed by atoms with Crippen LogP contribution in [0.25, 0.3) is 6.08 Å². The molecule has 0 amide bonds. The van der Waals surface area contributed by atoms with Crippen molar-refractivity contribution in [2.75, 3.05) is 7.11 Å². The molecule has 21 heavy (non-hydrogen) atoms. The van der Waals surface area contributed by atoms with Crippen LogP contribution < -0.4 is 4.74 Å². The first-order chi connectivity index (χ1) is 10.2. The minimum absolute atomic E-state index is 0.157. The average molecular weight is 389 g/mol.